The molecule has 0 heterocycles. The van der Waals surface area contributed by atoms with Gasteiger partial charge in [0.05, 0.1) is 0 Å². The van der Waals surface area contributed by atoms with Crippen molar-refractivity contribution in [3.05, 3.63) is 0 Å². The van der Waals surface area contributed by atoms with Gasteiger partial charge in [-0.05, 0) is 20.5 Å². The largest absolute Gasteiger partial charge is 0.480 e. The Morgan fingerprint density at radius 2 is 1.82 bits per heavy atom. The minimum Gasteiger partial charge on any atom is -0.480 e. The standard InChI is InChI=1S/C11H23N3O3/c1-5-6-9(10(15)16)12-11(17)14(4)8-7-13(2)3/h9H,5-8H2,1-4H3,(H,12,17)(H,15,16). The van der Waals surface area contributed by atoms with Gasteiger partial charge >= 0.3 is 12.0 Å². The van der Waals surface area contributed by atoms with Crippen LogP contribution in [-0.4, -0.2) is 67.2 Å². The van der Waals surface area contributed by atoms with Crippen molar-refractivity contribution in [1.29, 1.82) is 0 Å². The second-order valence-corrected chi connectivity index (χ2v) is 4.35. The Balaban J connectivity index is 4.15. The quantitative estimate of drug-likeness (QED) is 0.683. The third kappa shape index (κ3) is 6.78. The number of hydrogen-bond donors (Lipinski definition) is 2. The van der Waals surface area contributed by atoms with Gasteiger partial charge in [-0.15, -0.1) is 0 Å². The number of carbonyl (C=O) groups is 2. The maximum atomic E-state index is 11.7. The van der Waals surface area contributed by atoms with Crippen LogP contribution in [0.1, 0.15) is 19.8 Å². The van der Waals surface area contributed by atoms with Crippen LogP contribution in [0, 0.1) is 0 Å². The summed E-state index contributed by atoms with van der Waals surface area (Å²) < 4.78 is 0. The predicted octanol–water partition coefficient (Wildman–Crippen LogP) is 0.443. The summed E-state index contributed by atoms with van der Waals surface area (Å²) in [5, 5.41) is 11.4. The molecule has 0 spiro atoms. The summed E-state index contributed by atoms with van der Waals surface area (Å²) in [5.74, 6) is -0.985. The lowest BCUT2D eigenvalue weighted by atomic mass is 10.2. The molecule has 0 saturated heterocycles. The molecule has 0 aromatic carbocycles. The molecule has 6 nitrogen and oxygen atoms in total. The van der Waals surface area contributed by atoms with E-state index in [0.717, 1.165) is 13.0 Å². The van der Waals surface area contributed by atoms with Crippen LogP contribution in [-0.2, 0) is 4.79 Å². The first-order valence-electron chi connectivity index (χ1n) is 5.77. The number of aliphatic carboxylic acids is 1. The van der Waals surface area contributed by atoms with Gasteiger partial charge in [-0.2, -0.15) is 0 Å². The first-order chi connectivity index (χ1) is 7.88. The molecular weight excluding hydrogens is 222 g/mol. The van der Waals surface area contributed by atoms with Gasteiger partial charge in [-0.3, -0.25) is 0 Å². The topological polar surface area (TPSA) is 72.9 Å². The first-order valence-corrected chi connectivity index (χ1v) is 5.77. The van der Waals surface area contributed by atoms with Crippen LogP contribution >= 0.6 is 0 Å². The number of likely N-dealkylation sites (N-methyl/N-ethyl adjacent to an activating group) is 2. The maximum absolute atomic E-state index is 11.7. The van der Waals surface area contributed by atoms with E-state index in [1.165, 1.54) is 4.90 Å². The molecule has 1 atom stereocenters. The number of rotatable bonds is 7. The van der Waals surface area contributed by atoms with E-state index in [4.69, 9.17) is 5.11 Å². The normalized spacial score (nSPS) is 12.3. The van der Waals surface area contributed by atoms with E-state index in [-0.39, 0.29) is 6.03 Å². The molecular formula is C11H23N3O3. The summed E-state index contributed by atoms with van der Waals surface area (Å²) in [6, 6.07) is -1.14. The lowest BCUT2D eigenvalue weighted by Crippen LogP contribution is -2.47. The van der Waals surface area contributed by atoms with E-state index >= 15 is 0 Å². The molecule has 0 rings (SSSR count). The van der Waals surface area contributed by atoms with Crippen molar-refractivity contribution in [2.75, 3.05) is 34.2 Å². The fourth-order valence-electron chi connectivity index (χ4n) is 1.26. The number of carboxylic acid groups (broad SMARTS) is 1. The molecule has 0 aliphatic heterocycles. The van der Waals surface area contributed by atoms with Gasteiger partial charge < -0.3 is 20.2 Å². The lowest BCUT2D eigenvalue weighted by molar-refractivity contribution is -0.139. The average molecular weight is 245 g/mol. The van der Waals surface area contributed by atoms with Gasteiger partial charge in [0.25, 0.3) is 0 Å². The highest BCUT2D eigenvalue weighted by Crippen LogP contribution is 1.98. The van der Waals surface area contributed by atoms with E-state index < -0.39 is 12.0 Å². The van der Waals surface area contributed by atoms with E-state index in [1.54, 1.807) is 7.05 Å². The summed E-state index contributed by atoms with van der Waals surface area (Å²) in [6.45, 7) is 3.20. The molecule has 0 fully saturated rings. The van der Waals surface area contributed by atoms with Crippen molar-refractivity contribution < 1.29 is 14.7 Å². The highest BCUT2D eigenvalue weighted by molar-refractivity contribution is 5.82. The van der Waals surface area contributed by atoms with Crippen LogP contribution in [0.2, 0.25) is 0 Å². The van der Waals surface area contributed by atoms with Crippen LogP contribution in [0.5, 0.6) is 0 Å². The number of amides is 2. The van der Waals surface area contributed by atoms with Gasteiger partial charge in [-0.25, -0.2) is 9.59 Å². The molecule has 2 amide bonds. The Bertz CT molecular complexity index is 256. The van der Waals surface area contributed by atoms with Crippen molar-refractivity contribution >= 4 is 12.0 Å². The van der Waals surface area contributed by atoms with Crippen LogP contribution in [0.3, 0.4) is 0 Å². The van der Waals surface area contributed by atoms with E-state index in [0.29, 0.717) is 13.0 Å². The molecule has 0 aliphatic carbocycles. The predicted molar refractivity (Wildman–Crippen MR) is 66.0 cm³/mol. The zero-order chi connectivity index (χ0) is 13.4. The molecule has 6 heteroatoms. The SMILES string of the molecule is CCCC(NC(=O)N(C)CCN(C)C)C(=O)O. The smallest absolute Gasteiger partial charge is 0.326 e. The summed E-state index contributed by atoms with van der Waals surface area (Å²) in [4.78, 5) is 26.0. The molecule has 0 saturated carbocycles. The van der Waals surface area contributed by atoms with E-state index in [2.05, 4.69) is 5.32 Å². The number of hydrogen-bond acceptors (Lipinski definition) is 3. The highest BCUT2D eigenvalue weighted by Gasteiger charge is 2.20. The first kappa shape index (κ1) is 15.7. The maximum Gasteiger partial charge on any atom is 0.326 e. The van der Waals surface area contributed by atoms with E-state index in [9.17, 15) is 9.59 Å². The van der Waals surface area contributed by atoms with Gasteiger partial charge in [-0.1, -0.05) is 13.3 Å². The van der Waals surface area contributed by atoms with Crippen LogP contribution in [0.4, 0.5) is 4.79 Å². The Morgan fingerprint density at radius 1 is 1.24 bits per heavy atom. The van der Waals surface area contributed by atoms with Crippen LogP contribution in [0.25, 0.3) is 0 Å². The second-order valence-electron chi connectivity index (χ2n) is 4.35. The van der Waals surface area contributed by atoms with Crippen molar-refractivity contribution in [3.63, 3.8) is 0 Å². The number of carboxylic acids is 1. The number of urea groups is 1. The molecule has 2 N–H and O–H groups in total. The fraction of sp³-hybridized carbons (Fsp3) is 0.818. The molecule has 0 aromatic rings. The number of nitrogens with zero attached hydrogens (tertiary/aromatic N) is 2. The van der Waals surface area contributed by atoms with Crippen molar-refractivity contribution in [3.8, 4) is 0 Å². The summed E-state index contributed by atoms with van der Waals surface area (Å²) in [6.07, 6.45) is 1.17. The second kappa shape index (κ2) is 7.89. The minimum atomic E-state index is -0.985. The highest BCUT2D eigenvalue weighted by atomic mass is 16.4. The lowest BCUT2D eigenvalue weighted by Gasteiger charge is -2.22. The number of carbonyl (C=O) groups excluding carboxylic acids is 1. The molecule has 0 radical (unpaired) electrons. The van der Waals surface area contributed by atoms with Gasteiger partial charge in [0.15, 0.2) is 0 Å². The zero-order valence-corrected chi connectivity index (χ0v) is 11.1. The Kier molecular flexibility index (Phi) is 7.29. The third-order valence-corrected chi connectivity index (χ3v) is 2.40. The summed E-state index contributed by atoms with van der Waals surface area (Å²) in [7, 11) is 5.50. The summed E-state index contributed by atoms with van der Waals surface area (Å²) >= 11 is 0. The molecule has 1 unspecified atom stereocenters. The van der Waals surface area contributed by atoms with Crippen molar-refractivity contribution in [2.45, 2.75) is 25.8 Å². The minimum absolute atomic E-state index is 0.340. The van der Waals surface area contributed by atoms with Crippen molar-refractivity contribution in [2.24, 2.45) is 0 Å². The zero-order valence-electron chi connectivity index (χ0n) is 11.1. The Hall–Kier alpha value is -1.30. The van der Waals surface area contributed by atoms with Crippen molar-refractivity contribution in [1.82, 2.24) is 15.1 Å². The third-order valence-electron chi connectivity index (χ3n) is 2.40. The van der Waals surface area contributed by atoms with E-state index in [1.807, 2.05) is 25.9 Å². The van der Waals surface area contributed by atoms with Gasteiger partial charge in [0, 0.05) is 20.1 Å². The molecule has 100 valence electrons. The van der Waals surface area contributed by atoms with Gasteiger partial charge in [0.1, 0.15) is 6.04 Å². The fourth-order valence-corrected chi connectivity index (χ4v) is 1.26. The summed E-state index contributed by atoms with van der Waals surface area (Å²) in [5.41, 5.74) is 0. The van der Waals surface area contributed by atoms with Crippen LogP contribution < -0.4 is 5.32 Å². The monoisotopic (exact) mass is 245 g/mol. The van der Waals surface area contributed by atoms with Gasteiger partial charge in [0.2, 0.25) is 0 Å². The molecule has 0 aromatic heterocycles. The Labute approximate surface area is 103 Å². The average Bonchev–Trinajstić information content (AvgIpc) is 2.24. The molecule has 0 aliphatic rings. The van der Waals surface area contributed by atoms with Crippen LogP contribution in [0.15, 0.2) is 0 Å². The Morgan fingerprint density at radius 3 is 2.24 bits per heavy atom. The molecule has 0 bridgehead atoms. The number of nitrogens with one attached hydrogen (secondary N) is 1. The molecule has 17 heavy (non-hydrogen) atoms.